The normalized spacial score (nSPS) is 15.4. The zero-order valence-electron chi connectivity index (χ0n) is 19.0. The van der Waals surface area contributed by atoms with E-state index in [1.807, 2.05) is 13.0 Å². The van der Waals surface area contributed by atoms with Crippen LogP contribution in [0.2, 0.25) is 0 Å². The van der Waals surface area contributed by atoms with Crippen LogP contribution < -0.4 is 10.4 Å². The molecule has 0 saturated heterocycles. The van der Waals surface area contributed by atoms with Gasteiger partial charge in [-0.2, -0.15) is 0 Å². The molecule has 0 radical (unpaired) electrons. The predicted octanol–water partition coefficient (Wildman–Crippen LogP) is 6.98. The summed E-state index contributed by atoms with van der Waals surface area (Å²) in [4.78, 5) is 0. The minimum atomic E-state index is 1.22. The van der Waals surface area contributed by atoms with Gasteiger partial charge in [-0.15, -0.1) is 0 Å². The first kappa shape index (κ1) is 23.4. The van der Waals surface area contributed by atoms with Crippen LogP contribution in [-0.2, 0) is 0 Å². The van der Waals surface area contributed by atoms with E-state index in [4.69, 9.17) is 0 Å². The first-order chi connectivity index (χ1) is 13.3. The Hall–Kier alpha value is -2.60. The lowest BCUT2D eigenvalue weighted by molar-refractivity contribution is 1.27. The molecule has 0 aliphatic rings. The molecule has 0 spiro atoms. The van der Waals surface area contributed by atoms with Crippen LogP contribution in [0.1, 0.15) is 63.8 Å². The maximum absolute atomic E-state index is 4.06. The molecule has 0 aliphatic heterocycles. The van der Waals surface area contributed by atoms with E-state index in [9.17, 15) is 0 Å². The Morgan fingerprint density at radius 1 is 0.821 bits per heavy atom. The van der Waals surface area contributed by atoms with Crippen molar-refractivity contribution >= 4 is 24.3 Å². The van der Waals surface area contributed by atoms with Crippen LogP contribution in [0.5, 0.6) is 0 Å². The fraction of sp³-hybridized carbons (Fsp3) is 0.286. The van der Waals surface area contributed by atoms with Crippen molar-refractivity contribution in [3.63, 3.8) is 0 Å². The molecule has 1 aromatic rings. The molecule has 148 valence electrons. The highest BCUT2D eigenvalue weighted by Gasteiger charge is 2.07. The molecule has 0 N–H and O–H groups in total. The zero-order chi connectivity index (χ0) is 21.3. The van der Waals surface area contributed by atoms with Gasteiger partial charge in [-0.3, -0.25) is 0 Å². The van der Waals surface area contributed by atoms with Crippen LogP contribution in [-0.4, -0.2) is 0 Å². The fourth-order valence-electron chi connectivity index (χ4n) is 3.34. The molecule has 1 rings (SSSR count). The molecule has 28 heavy (non-hydrogen) atoms. The third-order valence-corrected chi connectivity index (χ3v) is 5.30. The lowest BCUT2D eigenvalue weighted by Crippen LogP contribution is -2.24. The van der Waals surface area contributed by atoms with Crippen LogP contribution in [0.15, 0.2) is 59.8 Å². The molecule has 0 unspecified atom stereocenters. The molecule has 0 heteroatoms. The van der Waals surface area contributed by atoms with E-state index in [2.05, 4.69) is 110 Å². The monoisotopic (exact) mass is 372 g/mol. The van der Waals surface area contributed by atoms with E-state index < -0.39 is 0 Å². The van der Waals surface area contributed by atoms with E-state index in [1.54, 1.807) is 0 Å². The first-order valence-corrected chi connectivity index (χ1v) is 10.0. The fourth-order valence-corrected chi connectivity index (χ4v) is 3.34. The number of benzene rings is 1. The Labute approximate surface area is 172 Å². The molecule has 0 fully saturated rings. The first-order valence-electron chi connectivity index (χ1n) is 10.0. The third kappa shape index (κ3) is 5.70. The van der Waals surface area contributed by atoms with Gasteiger partial charge in [0.25, 0.3) is 0 Å². The van der Waals surface area contributed by atoms with Gasteiger partial charge < -0.3 is 0 Å². The second-order valence-corrected chi connectivity index (χ2v) is 7.16. The Morgan fingerprint density at radius 3 is 2.00 bits per heavy atom. The van der Waals surface area contributed by atoms with Gasteiger partial charge >= 0.3 is 0 Å². The lowest BCUT2D eigenvalue weighted by Gasteiger charge is -2.12. The molecular weight excluding hydrogens is 336 g/mol. The second-order valence-electron chi connectivity index (χ2n) is 7.16. The lowest BCUT2D eigenvalue weighted by atomic mass is 9.92. The molecule has 0 atom stereocenters. The van der Waals surface area contributed by atoms with E-state index in [1.165, 1.54) is 49.4 Å². The molecule has 0 nitrogen and oxygen atoms in total. The van der Waals surface area contributed by atoms with Crippen LogP contribution in [0.4, 0.5) is 0 Å². The largest absolute Gasteiger partial charge is 0.0984 e. The summed E-state index contributed by atoms with van der Waals surface area (Å²) in [5, 5.41) is 2.53. The molecule has 0 aromatic heterocycles. The van der Waals surface area contributed by atoms with Crippen molar-refractivity contribution in [1.29, 1.82) is 0 Å². The highest BCUT2D eigenvalue weighted by molar-refractivity contribution is 5.68. The maximum atomic E-state index is 4.06. The van der Waals surface area contributed by atoms with Gasteiger partial charge in [0.1, 0.15) is 0 Å². The molecule has 0 heterocycles. The van der Waals surface area contributed by atoms with Crippen LogP contribution in [0.3, 0.4) is 0 Å². The van der Waals surface area contributed by atoms with Crippen molar-refractivity contribution in [3.8, 4) is 0 Å². The Balaban J connectivity index is 3.87. The summed E-state index contributed by atoms with van der Waals surface area (Å²) < 4.78 is 0. The maximum Gasteiger partial charge on any atom is -0.0146 e. The van der Waals surface area contributed by atoms with Crippen molar-refractivity contribution < 1.29 is 0 Å². The van der Waals surface area contributed by atoms with Gasteiger partial charge in [0.2, 0.25) is 0 Å². The SMILES string of the molecule is C=Cc1c(C)\c(=C/C=C(C)\C(C)=C\C)c(\C=C/C=C(C)/C=C\C)c(C)/c1=C\C. The van der Waals surface area contributed by atoms with Crippen LogP contribution >= 0.6 is 0 Å². The second kappa shape index (κ2) is 11.3. The van der Waals surface area contributed by atoms with E-state index in [0.717, 1.165) is 0 Å². The van der Waals surface area contributed by atoms with Gasteiger partial charge in [-0.05, 0) is 93.7 Å². The number of hydrogen-bond acceptors (Lipinski definition) is 0. The standard InChI is InChI=1S/C28H36/c1-10-15-20(5)16-14-17-27-23(8)25(12-3)26(13-4)24(9)28(27)19-18-22(7)21(6)11-2/h10-19H,4H2,1-3,5-9H3/b15-10-,17-14-,20-16+,21-11+,22-18-,25-12+,28-19+. The quantitative estimate of drug-likeness (QED) is 0.473. The topological polar surface area (TPSA) is 0 Å². The molecule has 0 amide bonds. The molecule has 0 aliphatic carbocycles. The van der Waals surface area contributed by atoms with Crippen molar-refractivity contribution in [2.75, 3.05) is 0 Å². The van der Waals surface area contributed by atoms with E-state index in [-0.39, 0.29) is 0 Å². The average Bonchev–Trinajstić information content (AvgIpc) is 2.68. The summed E-state index contributed by atoms with van der Waals surface area (Å²) in [6, 6.07) is 0. The predicted molar refractivity (Wildman–Crippen MR) is 131 cm³/mol. The van der Waals surface area contributed by atoms with Crippen molar-refractivity contribution in [2.24, 2.45) is 0 Å². The summed E-state index contributed by atoms with van der Waals surface area (Å²) in [6.45, 7) is 21.1. The van der Waals surface area contributed by atoms with Gasteiger partial charge in [-0.25, -0.2) is 0 Å². The molecular formula is C28H36. The zero-order valence-corrected chi connectivity index (χ0v) is 19.0. The number of allylic oxidation sites excluding steroid dienone is 9. The van der Waals surface area contributed by atoms with Gasteiger partial charge in [-0.1, -0.05) is 78.5 Å². The summed E-state index contributed by atoms with van der Waals surface area (Å²) in [5.74, 6) is 0. The molecule has 0 saturated carbocycles. The van der Waals surface area contributed by atoms with E-state index >= 15 is 0 Å². The summed E-state index contributed by atoms with van der Waals surface area (Å²) in [6.07, 6.45) is 21.5. The van der Waals surface area contributed by atoms with E-state index in [0.29, 0.717) is 0 Å². The number of rotatable bonds is 6. The van der Waals surface area contributed by atoms with Crippen molar-refractivity contribution in [2.45, 2.75) is 55.4 Å². The third-order valence-electron chi connectivity index (χ3n) is 5.30. The summed E-state index contributed by atoms with van der Waals surface area (Å²) in [5.41, 5.74) is 8.87. The summed E-state index contributed by atoms with van der Waals surface area (Å²) in [7, 11) is 0. The Kier molecular flexibility index (Phi) is 9.45. The minimum Gasteiger partial charge on any atom is -0.0984 e. The number of hydrogen-bond donors (Lipinski definition) is 0. The van der Waals surface area contributed by atoms with Crippen LogP contribution in [0, 0.1) is 13.8 Å². The Morgan fingerprint density at radius 2 is 1.46 bits per heavy atom. The highest BCUT2D eigenvalue weighted by atomic mass is 14.1. The van der Waals surface area contributed by atoms with Gasteiger partial charge in [0.15, 0.2) is 0 Å². The molecule has 1 aromatic carbocycles. The van der Waals surface area contributed by atoms with Gasteiger partial charge in [0, 0.05) is 0 Å². The smallest absolute Gasteiger partial charge is 0.0146 e. The minimum absolute atomic E-state index is 1.22. The van der Waals surface area contributed by atoms with Crippen molar-refractivity contribution in [1.82, 2.24) is 0 Å². The van der Waals surface area contributed by atoms with Gasteiger partial charge in [0.05, 0.1) is 0 Å². The van der Waals surface area contributed by atoms with Crippen LogP contribution in [0.25, 0.3) is 24.3 Å². The summed E-state index contributed by atoms with van der Waals surface area (Å²) >= 11 is 0. The molecule has 0 bridgehead atoms. The highest BCUT2D eigenvalue weighted by Crippen LogP contribution is 2.12. The Bertz CT molecular complexity index is 984. The average molecular weight is 373 g/mol. The van der Waals surface area contributed by atoms with Crippen molar-refractivity contribution in [3.05, 3.63) is 92.4 Å².